The molecule has 0 heterocycles. The van der Waals surface area contributed by atoms with Gasteiger partial charge in [-0.1, -0.05) is 13.0 Å². The highest BCUT2D eigenvalue weighted by Gasteiger charge is 2.16. The van der Waals surface area contributed by atoms with Crippen molar-refractivity contribution in [1.82, 2.24) is 0 Å². The van der Waals surface area contributed by atoms with Gasteiger partial charge in [-0.05, 0) is 26.0 Å². The van der Waals surface area contributed by atoms with Gasteiger partial charge >= 0.3 is 0 Å². The molecule has 4 heteroatoms. The van der Waals surface area contributed by atoms with Crippen molar-refractivity contribution < 1.29 is 9.53 Å². The van der Waals surface area contributed by atoms with Crippen molar-refractivity contribution in [1.29, 1.82) is 0 Å². The van der Waals surface area contributed by atoms with E-state index in [0.29, 0.717) is 6.61 Å². The Kier molecular flexibility index (Phi) is 4.97. The number of nitrogens with one attached hydrogen (secondary N) is 1. The average Bonchev–Trinajstić information content (AvgIpc) is 2.28. The van der Waals surface area contributed by atoms with Crippen LogP contribution in [-0.2, 0) is 4.79 Å². The third-order valence-corrected chi connectivity index (χ3v) is 2.61. The molecule has 3 N–H and O–H groups in total. The van der Waals surface area contributed by atoms with Crippen molar-refractivity contribution in [3.05, 3.63) is 24.3 Å². The summed E-state index contributed by atoms with van der Waals surface area (Å²) in [5, 5.41) is 2.82. The second-order valence-corrected chi connectivity index (χ2v) is 4.10. The molecule has 0 aromatic heterocycles. The first kappa shape index (κ1) is 13.5. The van der Waals surface area contributed by atoms with Gasteiger partial charge in [0.2, 0.25) is 5.91 Å². The summed E-state index contributed by atoms with van der Waals surface area (Å²) >= 11 is 0. The number of rotatable bonds is 5. The number of hydrogen-bond acceptors (Lipinski definition) is 3. The zero-order valence-corrected chi connectivity index (χ0v) is 10.6. The number of amides is 1. The smallest absolute Gasteiger partial charge is 0.228 e. The normalized spacial score (nSPS) is 13.9. The van der Waals surface area contributed by atoms with Crippen LogP contribution in [0.1, 0.15) is 20.8 Å². The fourth-order valence-corrected chi connectivity index (χ4v) is 1.33. The summed E-state index contributed by atoms with van der Waals surface area (Å²) < 4.78 is 5.36. The quantitative estimate of drug-likeness (QED) is 0.822. The topological polar surface area (TPSA) is 64.3 Å². The van der Waals surface area contributed by atoms with Crippen LogP contribution in [0.15, 0.2) is 24.3 Å². The summed E-state index contributed by atoms with van der Waals surface area (Å²) in [5.74, 6) is 0.457. The lowest BCUT2D eigenvalue weighted by molar-refractivity contribution is -0.119. The number of carbonyl (C=O) groups excluding carboxylic acids is 1. The summed E-state index contributed by atoms with van der Waals surface area (Å²) in [4.78, 5) is 11.8. The van der Waals surface area contributed by atoms with E-state index in [0.717, 1.165) is 11.4 Å². The summed E-state index contributed by atoms with van der Waals surface area (Å²) in [5.41, 5.74) is 6.41. The molecule has 1 aromatic rings. The van der Waals surface area contributed by atoms with Crippen LogP contribution < -0.4 is 15.8 Å². The van der Waals surface area contributed by atoms with Crippen LogP contribution in [0, 0.1) is 5.92 Å². The first-order valence-corrected chi connectivity index (χ1v) is 5.84. The van der Waals surface area contributed by atoms with Crippen molar-refractivity contribution in [2.24, 2.45) is 11.7 Å². The molecular formula is C13H20N2O2. The van der Waals surface area contributed by atoms with Gasteiger partial charge in [-0.15, -0.1) is 0 Å². The van der Waals surface area contributed by atoms with Gasteiger partial charge in [0.1, 0.15) is 5.75 Å². The van der Waals surface area contributed by atoms with Gasteiger partial charge < -0.3 is 15.8 Å². The fourth-order valence-electron chi connectivity index (χ4n) is 1.33. The van der Waals surface area contributed by atoms with Crippen LogP contribution in [0.2, 0.25) is 0 Å². The molecule has 2 atom stereocenters. The van der Waals surface area contributed by atoms with Gasteiger partial charge in [0.05, 0.1) is 12.5 Å². The molecule has 0 aliphatic carbocycles. The Balaban J connectivity index is 2.68. The Hall–Kier alpha value is -1.55. The van der Waals surface area contributed by atoms with E-state index in [1.54, 1.807) is 6.07 Å². The van der Waals surface area contributed by atoms with Crippen molar-refractivity contribution in [3.63, 3.8) is 0 Å². The maximum Gasteiger partial charge on any atom is 0.228 e. The molecule has 0 radical (unpaired) electrons. The van der Waals surface area contributed by atoms with E-state index in [4.69, 9.17) is 10.5 Å². The largest absolute Gasteiger partial charge is 0.494 e. The second kappa shape index (κ2) is 6.25. The molecule has 0 aliphatic rings. The zero-order chi connectivity index (χ0) is 12.8. The molecule has 0 saturated carbocycles. The summed E-state index contributed by atoms with van der Waals surface area (Å²) in [6.07, 6.45) is 0. The number of benzene rings is 1. The molecule has 0 saturated heterocycles. The summed E-state index contributed by atoms with van der Waals surface area (Å²) in [6.45, 7) is 6.16. The van der Waals surface area contributed by atoms with E-state index in [2.05, 4.69) is 5.32 Å². The van der Waals surface area contributed by atoms with Crippen LogP contribution in [0.4, 0.5) is 5.69 Å². The van der Waals surface area contributed by atoms with Crippen LogP contribution in [0.25, 0.3) is 0 Å². The second-order valence-electron chi connectivity index (χ2n) is 4.10. The third kappa shape index (κ3) is 4.07. The lowest BCUT2D eigenvalue weighted by Crippen LogP contribution is -2.34. The van der Waals surface area contributed by atoms with Gasteiger partial charge in [0.25, 0.3) is 0 Å². The van der Waals surface area contributed by atoms with Crippen molar-refractivity contribution in [3.8, 4) is 5.75 Å². The average molecular weight is 236 g/mol. The molecule has 0 spiro atoms. The molecule has 1 rings (SSSR count). The third-order valence-electron chi connectivity index (χ3n) is 2.61. The van der Waals surface area contributed by atoms with E-state index in [1.807, 2.05) is 39.0 Å². The molecular weight excluding hydrogens is 216 g/mol. The van der Waals surface area contributed by atoms with E-state index in [1.165, 1.54) is 0 Å². The Morgan fingerprint density at radius 2 is 2.18 bits per heavy atom. The van der Waals surface area contributed by atoms with Gasteiger partial charge in [-0.25, -0.2) is 0 Å². The zero-order valence-electron chi connectivity index (χ0n) is 10.6. The summed E-state index contributed by atoms with van der Waals surface area (Å²) in [6, 6.07) is 7.17. The fraction of sp³-hybridized carbons (Fsp3) is 0.462. The van der Waals surface area contributed by atoms with Crippen LogP contribution in [-0.4, -0.2) is 18.6 Å². The number of carbonyl (C=O) groups is 1. The highest BCUT2D eigenvalue weighted by atomic mass is 16.5. The minimum atomic E-state index is -0.217. The van der Waals surface area contributed by atoms with Crippen molar-refractivity contribution >= 4 is 11.6 Å². The number of ether oxygens (including phenoxy) is 1. The lowest BCUT2D eigenvalue weighted by atomic mass is 10.0. The number of nitrogens with two attached hydrogens (primary N) is 1. The first-order valence-electron chi connectivity index (χ1n) is 5.84. The maximum atomic E-state index is 11.8. The van der Waals surface area contributed by atoms with Gasteiger partial charge in [0, 0.05) is 17.8 Å². The van der Waals surface area contributed by atoms with E-state index >= 15 is 0 Å². The van der Waals surface area contributed by atoms with E-state index < -0.39 is 0 Å². The number of anilines is 1. The number of hydrogen-bond donors (Lipinski definition) is 2. The lowest BCUT2D eigenvalue weighted by Gasteiger charge is -2.15. The van der Waals surface area contributed by atoms with Gasteiger partial charge in [-0.3, -0.25) is 4.79 Å². The van der Waals surface area contributed by atoms with Crippen molar-refractivity contribution in [2.45, 2.75) is 26.8 Å². The molecule has 2 unspecified atom stereocenters. The highest BCUT2D eigenvalue weighted by Crippen LogP contribution is 2.18. The minimum absolute atomic E-state index is 0.0753. The maximum absolute atomic E-state index is 11.8. The monoisotopic (exact) mass is 236 g/mol. The molecule has 4 nitrogen and oxygen atoms in total. The molecule has 94 valence electrons. The van der Waals surface area contributed by atoms with Crippen LogP contribution >= 0.6 is 0 Å². The van der Waals surface area contributed by atoms with Crippen LogP contribution in [0.5, 0.6) is 5.75 Å². The first-order chi connectivity index (χ1) is 8.04. The van der Waals surface area contributed by atoms with Crippen molar-refractivity contribution in [2.75, 3.05) is 11.9 Å². The van der Waals surface area contributed by atoms with Gasteiger partial charge in [0.15, 0.2) is 0 Å². The Bertz CT molecular complexity index is 377. The molecule has 1 aromatic carbocycles. The Labute approximate surface area is 102 Å². The van der Waals surface area contributed by atoms with E-state index in [-0.39, 0.29) is 17.9 Å². The summed E-state index contributed by atoms with van der Waals surface area (Å²) in [7, 11) is 0. The van der Waals surface area contributed by atoms with Gasteiger partial charge in [-0.2, -0.15) is 0 Å². The molecule has 0 bridgehead atoms. The Morgan fingerprint density at radius 3 is 2.76 bits per heavy atom. The van der Waals surface area contributed by atoms with Crippen LogP contribution in [0.3, 0.4) is 0 Å². The standard InChI is InChI=1S/C13H20N2O2/c1-4-17-12-7-5-6-11(8-12)15-13(16)9(2)10(3)14/h5-10H,4,14H2,1-3H3,(H,15,16). The molecule has 0 fully saturated rings. The Morgan fingerprint density at radius 1 is 1.47 bits per heavy atom. The highest BCUT2D eigenvalue weighted by molar-refractivity contribution is 5.92. The predicted molar refractivity (Wildman–Crippen MR) is 69.1 cm³/mol. The predicted octanol–water partition coefficient (Wildman–Crippen LogP) is 2.01. The molecule has 1 amide bonds. The molecule has 0 aliphatic heterocycles. The minimum Gasteiger partial charge on any atom is -0.494 e. The molecule has 17 heavy (non-hydrogen) atoms. The van der Waals surface area contributed by atoms with E-state index in [9.17, 15) is 4.79 Å². The SMILES string of the molecule is CCOc1cccc(NC(=O)C(C)C(C)N)c1.